The third kappa shape index (κ3) is 6.85. The van der Waals surface area contributed by atoms with Crippen LogP contribution >= 0.6 is 40.7 Å². The summed E-state index contributed by atoms with van der Waals surface area (Å²) in [5.41, 5.74) is 2.18. The maximum atomic E-state index is 5.89. The second-order valence-corrected chi connectivity index (χ2v) is 5.79. The van der Waals surface area contributed by atoms with Gasteiger partial charge in [-0.25, -0.2) is 0 Å². The Kier molecular flexibility index (Phi) is 11.8. The van der Waals surface area contributed by atoms with Crippen LogP contribution in [0.3, 0.4) is 0 Å². The average Bonchev–Trinajstić information content (AvgIpc) is 2.54. The van der Waals surface area contributed by atoms with E-state index in [4.69, 9.17) is 9.47 Å². The summed E-state index contributed by atoms with van der Waals surface area (Å²) in [4.78, 5) is 4.09. The first-order valence-electron chi connectivity index (χ1n) is 7.33. The molecule has 2 aromatic rings. The van der Waals surface area contributed by atoms with E-state index in [1.54, 1.807) is 19.5 Å². The molecule has 7 heteroatoms. The van der Waals surface area contributed by atoms with Crippen LogP contribution in [-0.4, -0.2) is 18.6 Å². The Hall–Kier alpha value is -1.01. The SMILES string of the molecule is CCCNCc1cc(Br)c(OCc2cccnc2)c(OC)c1.Cl.Cl. The normalized spacial score (nSPS) is 9.62. The van der Waals surface area contributed by atoms with Gasteiger partial charge < -0.3 is 14.8 Å². The highest BCUT2D eigenvalue weighted by molar-refractivity contribution is 9.10. The summed E-state index contributed by atoms with van der Waals surface area (Å²) in [5, 5.41) is 3.38. The maximum Gasteiger partial charge on any atom is 0.175 e. The summed E-state index contributed by atoms with van der Waals surface area (Å²) in [6, 6.07) is 7.94. The average molecular weight is 438 g/mol. The Bertz CT molecular complexity index is 601. The molecule has 0 aliphatic carbocycles. The van der Waals surface area contributed by atoms with Gasteiger partial charge in [-0.2, -0.15) is 0 Å². The molecule has 0 atom stereocenters. The summed E-state index contributed by atoms with van der Waals surface area (Å²) in [5.74, 6) is 1.44. The van der Waals surface area contributed by atoms with Crippen LogP contribution in [-0.2, 0) is 13.2 Å². The van der Waals surface area contributed by atoms with Gasteiger partial charge in [-0.3, -0.25) is 4.98 Å². The maximum absolute atomic E-state index is 5.89. The van der Waals surface area contributed by atoms with Crippen molar-refractivity contribution >= 4 is 40.7 Å². The number of aromatic nitrogens is 1. The number of rotatable bonds is 8. The summed E-state index contributed by atoms with van der Waals surface area (Å²) < 4.78 is 12.2. The predicted octanol–water partition coefficient (Wildman–Crippen LogP) is 4.77. The summed E-state index contributed by atoms with van der Waals surface area (Å²) in [7, 11) is 1.65. The highest BCUT2D eigenvalue weighted by Crippen LogP contribution is 2.37. The molecule has 0 saturated carbocycles. The van der Waals surface area contributed by atoms with Crippen LogP contribution < -0.4 is 14.8 Å². The van der Waals surface area contributed by atoms with Crippen LogP contribution in [0, 0.1) is 0 Å². The molecule has 1 N–H and O–H groups in total. The van der Waals surface area contributed by atoms with Gasteiger partial charge in [0, 0.05) is 24.5 Å². The lowest BCUT2D eigenvalue weighted by molar-refractivity contribution is 0.282. The predicted molar refractivity (Wildman–Crippen MR) is 106 cm³/mol. The number of benzene rings is 1. The number of hydrogen-bond acceptors (Lipinski definition) is 4. The Morgan fingerprint density at radius 3 is 2.62 bits per heavy atom. The van der Waals surface area contributed by atoms with Crippen molar-refractivity contribution in [2.24, 2.45) is 0 Å². The topological polar surface area (TPSA) is 43.4 Å². The molecule has 0 spiro atoms. The molecule has 0 aliphatic heterocycles. The fraction of sp³-hybridized carbons (Fsp3) is 0.353. The molecular formula is C17H23BrCl2N2O2. The van der Waals surface area contributed by atoms with Crippen molar-refractivity contribution in [1.82, 2.24) is 10.3 Å². The number of nitrogens with zero attached hydrogens (tertiary/aromatic N) is 1. The van der Waals surface area contributed by atoms with Crippen LogP contribution in [0.4, 0.5) is 0 Å². The van der Waals surface area contributed by atoms with Crippen molar-refractivity contribution in [3.63, 3.8) is 0 Å². The van der Waals surface area contributed by atoms with Gasteiger partial charge in [-0.05, 0) is 52.7 Å². The molecular weight excluding hydrogens is 415 g/mol. The fourth-order valence-electron chi connectivity index (χ4n) is 2.06. The van der Waals surface area contributed by atoms with E-state index in [1.807, 2.05) is 18.2 Å². The van der Waals surface area contributed by atoms with Crippen LogP contribution in [0.25, 0.3) is 0 Å². The van der Waals surface area contributed by atoms with E-state index < -0.39 is 0 Å². The molecule has 0 amide bonds. The van der Waals surface area contributed by atoms with Gasteiger partial charge in [0.15, 0.2) is 11.5 Å². The summed E-state index contributed by atoms with van der Waals surface area (Å²) in [6.07, 6.45) is 4.66. The number of halogens is 3. The molecule has 1 heterocycles. The Balaban J connectivity index is 0.00000264. The zero-order valence-corrected chi connectivity index (χ0v) is 17.0. The number of hydrogen-bond donors (Lipinski definition) is 1. The van der Waals surface area contributed by atoms with Crippen LogP contribution in [0.2, 0.25) is 0 Å². The monoisotopic (exact) mass is 436 g/mol. The third-order valence-corrected chi connectivity index (χ3v) is 3.74. The van der Waals surface area contributed by atoms with Gasteiger partial charge in [-0.15, -0.1) is 24.8 Å². The van der Waals surface area contributed by atoms with E-state index in [1.165, 1.54) is 0 Å². The molecule has 0 aliphatic rings. The van der Waals surface area contributed by atoms with Gasteiger partial charge in [0.2, 0.25) is 0 Å². The Labute approximate surface area is 164 Å². The highest BCUT2D eigenvalue weighted by atomic mass is 79.9. The minimum atomic E-state index is 0. The Morgan fingerprint density at radius 1 is 1.21 bits per heavy atom. The minimum Gasteiger partial charge on any atom is -0.493 e. The third-order valence-electron chi connectivity index (χ3n) is 3.15. The molecule has 0 radical (unpaired) electrons. The molecule has 0 bridgehead atoms. The zero-order valence-electron chi connectivity index (χ0n) is 13.8. The Morgan fingerprint density at radius 2 is 2.00 bits per heavy atom. The van der Waals surface area contributed by atoms with Crippen molar-refractivity contribution in [2.75, 3.05) is 13.7 Å². The van der Waals surface area contributed by atoms with Crippen molar-refractivity contribution in [3.8, 4) is 11.5 Å². The van der Waals surface area contributed by atoms with Crippen molar-refractivity contribution < 1.29 is 9.47 Å². The molecule has 24 heavy (non-hydrogen) atoms. The first-order chi connectivity index (χ1) is 10.7. The largest absolute Gasteiger partial charge is 0.493 e. The lowest BCUT2D eigenvalue weighted by atomic mass is 10.2. The van der Waals surface area contributed by atoms with E-state index in [9.17, 15) is 0 Å². The van der Waals surface area contributed by atoms with Gasteiger partial charge in [0.25, 0.3) is 0 Å². The van der Waals surface area contributed by atoms with Gasteiger partial charge in [0.1, 0.15) is 6.61 Å². The molecule has 0 fully saturated rings. The first-order valence-corrected chi connectivity index (χ1v) is 8.12. The standard InChI is InChI=1S/C17H21BrN2O2.2ClH/c1-3-6-19-11-14-8-15(18)17(16(9-14)21-2)22-12-13-5-4-7-20-10-13;;/h4-5,7-10,19H,3,6,11-12H2,1-2H3;2*1H. The van der Waals surface area contributed by atoms with E-state index in [2.05, 4.69) is 39.2 Å². The highest BCUT2D eigenvalue weighted by Gasteiger charge is 2.12. The molecule has 4 nitrogen and oxygen atoms in total. The van der Waals surface area contributed by atoms with E-state index >= 15 is 0 Å². The quantitative estimate of drug-likeness (QED) is 0.603. The molecule has 134 valence electrons. The molecule has 2 rings (SSSR count). The molecule has 1 aromatic heterocycles. The second kappa shape index (κ2) is 12.4. The molecule has 1 aromatic carbocycles. The van der Waals surface area contributed by atoms with Crippen LogP contribution in [0.5, 0.6) is 11.5 Å². The van der Waals surface area contributed by atoms with Crippen LogP contribution in [0.15, 0.2) is 41.1 Å². The summed E-state index contributed by atoms with van der Waals surface area (Å²) >= 11 is 3.57. The minimum absolute atomic E-state index is 0. The van der Waals surface area contributed by atoms with Gasteiger partial charge in [-0.1, -0.05) is 13.0 Å². The van der Waals surface area contributed by atoms with Gasteiger partial charge in [0.05, 0.1) is 11.6 Å². The van der Waals surface area contributed by atoms with E-state index in [0.29, 0.717) is 12.4 Å². The fourth-order valence-corrected chi connectivity index (χ4v) is 2.67. The lowest BCUT2D eigenvalue weighted by Crippen LogP contribution is -2.14. The number of ether oxygens (including phenoxy) is 2. The number of pyridine rings is 1. The van der Waals surface area contributed by atoms with E-state index in [0.717, 1.165) is 40.9 Å². The number of methoxy groups -OCH3 is 1. The van der Waals surface area contributed by atoms with Crippen molar-refractivity contribution in [3.05, 3.63) is 52.3 Å². The number of nitrogens with one attached hydrogen (secondary N) is 1. The van der Waals surface area contributed by atoms with E-state index in [-0.39, 0.29) is 24.8 Å². The zero-order chi connectivity index (χ0) is 15.8. The second-order valence-electron chi connectivity index (χ2n) is 4.94. The first kappa shape index (κ1) is 23.0. The van der Waals surface area contributed by atoms with Crippen LogP contribution in [0.1, 0.15) is 24.5 Å². The van der Waals surface area contributed by atoms with Gasteiger partial charge >= 0.3 is 0 Å². The lowest BCUT2D eigenvalue weighted by Gasteiger charge is -2.14. The summed E-state index contributed by atoms with van der Waals surface area (Å²) in [6.45, 7) is 4.42. The smallest absolute Gasteiger partial charge is 0.175 e. The van der Waals surface area contributed by atoms with Crippen molar-refractivity contribution in [2.45, 2.75) is 26.5 Å². The molecule has 0 unspecified atom stereocenters. The molecule has 0 saturated heterocycles. The van der Waals surface area contributed by atoms with Crippen molar-refractivity contribution in [1.29, 1.82) is 0 Å².